The van der Waals surface area contributed by atoms with Crippen LogP contribution < -0.4 is 5.32 Å². The molecule has 28 heavy (non-hydrogen) atoms. The van der Waals surface area contributed by atoms with Crippen molar-refractivity contribution in [3.05, 3.63) is 30.1 Å². The van der Waals surface area contributed by atoms with Crippen LogP contribution in [0.2, 0.25) is 0 Å². The fourth-order valence-corrected chi connectivity index (χ4v) is 4.14. The van der Waals surface area contributed by atoms with Gasteiger partial charge in [0.1, 0.15) is 0 Å². The van der Waals surface area contributed by atoms with Crippen molar-refractivity contribution in [1.29, 1.82) is 0 Å². The number of aromatic nitrogens is 1. The van der Waals surface area contributed by atoms with E-state index in [-0.39, 0.29) is 29.9 Å². The number of amides is 2. The minimum atomic E-state index is -0.341. The van der Waals surface area contributed by atoms with E-state index in [9.17, 15) is 14.4 Å². The van der Waals surface area contributed by atoms with Crippen LogP contribution in [-0.2, 0) is 20.9 Å². The Balaban J connectivity index is 1.46. The van der Waals surface area contributed by atoms with Gasteiger partial charge in [-0.3, -0.25) is 24.3 Å². The maximum Gasteiger partial charge on any atom is 0.289 e. The van der Waals surface area contributed by atoms with Gasteiger partial charge in [-0.1, -0.05) is 13.0 Å². The summed E-state index contributed by atoms with van der Waals surface area (Å²) < 4.78 is 0. The van der Waals surface area contributed by atoms with E-state index in [4.69, 9.17) is 0 Å². The third-order valence-corrected chi connectivity index (χ3v) is 5.82. The maximum absolute atomic E-state index is 12.6. The van der Waals surface area contributed by atoms with Crippen LogP contribution in [0.3, 0.4) is 0 Å². The molecule has 0 spiro atoms. The van der Waals surface area contributed by atoms with E-state index >= 15 is 0 Å². The summed E-state index contributed by atoms with van der Waals surface area (Å²) in [5.74, 6) is -0.553. The molecule has 3 rings (SSSR count). The van der Waals surface area contributed by atoms with E-state index in [0.29, 0.717) is 25.7 Å². The number of ketones is 1. The van der Waals surface area contributed by atoms with Crippen LogP contribution in [0.25, 0.3) is 0 Å². The smallest absolute Gasteiger partial charge is 0.289 e. The third kappa shape index (κ3) is 5.16. The summed E-state index contributed by atoms with van der Waals surface area (Å²) in [6.07, 6.45) is 5.65. The molecule has 0 saturated carbocycles. The minimum Gasteiger partial charge on any atom is -0.350 e. The second kappa shape index (κ2) is 9.78. The molecule has 2 amide bonds. The van der Waals surface area contributed by atoms with Crippen LogP contribution in [0.15, 0.2) is 24.4 Å². The number of hydrogen-bond acceptors (Lipinski definition) is 5. The monoisotopic (exact) mass is 386 g/mol. The van der Waals surface area contributed by atoms with Gasteiger partial charge in [-0.2, -0.15) is 0 Å². The van der Waals surface area contributed by atoms with E-state index in [1.54, 1.807) is 18.0 Å². The van der Waals surface area contributed by atoms with E-state index in [0.717, 1.165) is 44.5 Å². The van der Waals surface area contributed by atoms with Gasteiger partial charge >= 0.3 is 0 Å². The Bertz CT molecular complexity index is 686. The fraction of sp³-hybridized carbons (Fsp3) is 0.619. The Hall–Kier alpha value is -2.28. The molecule has 2 aliphatic heterocycles. The first-order valence-electron chi connectivity index (χ1n) is 10.3. The van der Waals surface area contributed by atoms with Crippen LogP contribution >= 0.6 is 0 Å². The average Bonchev–Trinajstić information content (AvgIpc) is 2.77. The van der Waals surface area contributed by atoms with Gasteiger partial charge in [-0.15, -0.1) is 0 Å². The second-order valence-corrected chi connectivity index (χ2v) is 7.67. The molecular formula is C21H30N4O3. The number of nitrogens with zero attached hydrogens (tertiary/aromatic N) is 3. The molecule has 1 atom stereocenters. The molecule has 2 saturated heterocycles. The zero-order valence-electron chi connectivity index (χ0n) is 16.6. The van der Waals surface area contributed by atoms with E-state index in [2.05, 4.69) is 15.2 Å². The van der Waals surface area contributed by atoms with Gasteiger partial charge in [0, 0.05) is 38.3 Å². The summed E-state index contributed by atoms with van der Waals surface area (Å²) in [6, 6.07) is 6.07. The van der Waals surface area contributed by atoms with Crippen molar-refractivity contribution in [1.82, 2.24) is 20.1 Å². The molecule has 7 heteroatoms. The molecule has 0 unspecified atom stereocenters. The number of piperidine rings is 2. The summed E-state index contributed by atoms with van der Waals surface area (Å²) in [6.45, 7) is 5.20. The fourth-order valence-electron chi connectivity index (χ4n) is 4.14. The Morgan fingerprint density at radius 1 is 1.14 bits per heavy atom. The van der Waals surface area contributed by atoms with E-state index in [1.807, 2.05) is 18.2 Å². The van der Waals surface area contributed by atoms with Crippen LogP contribution in [0.4, 0.5) is 0 Å². The van der Waals surface area contributed by atoms with Crippen LogP contribution in [0.5, 0.6) is 0 Å². The summed E-state index contributed by atoms with van der Waals surface area (Å²) in [5, 5.41) is 3.01. The molecule has 0 aliphatic carbocycles. The van der Waals surface area contributed by atoms with Gasteiger partial charge in [0.15, 0.2) is 0 Å². The number of rotatable bonds is 6. The molecule has 152 valence electrons. The van der Waals surface area contributed by atoms with E-state index in [1.165, 1.54) is 0 Å². The maximum atomic E-state index is 12.6. The molecule has 0 bridgehead atoms. The second-order valence-electron chi connectivity index (χ2n) is 7.67. The number of Topliss-reactive ketones (excluding diaryl/α,β-unsaturated/α-hetero) is 1. The molecule has 0 aromatic carbocycles. The van der Waals surface area contributed by atoms with Crippen LogP contribution in [0.1, 0.15) is 44.7 Å². The normalized spacial score (nSPS) is 21.3. The van der Waals surface area contributed by atoms with Gasteiger partial charge in [-0.25, -0.2) is 0 Å². The Kier molecular flexibility index (Phi) is 7.14. The number of hydrogen-bond donors (Lipinski definition) is 1. The van der Waals surface area contributed by atoms with Crippen molar-refractivity contribution in [2.75, 3.05) is 26.2 Å². The van der Waals surface area contributed by atoms with Gasteiger partial charge < -0.3 is 10.2 Å². The van der Waals surface area contributed by atoms with Gasteiger partial charge in [0.05, 0.1) is 18.2 Å². The molecule has 2 fully saturated rings. The van der Waals surface area contributed by atoms with Crippen molar-refractivity contribution in [3.63, 3.8) is 0 Å². The lowest BCUT2D eigenvalue weighted by Gasteiger charge is -2.41. The lowest BCUT2D eigenvalue weighted by Crippen LogP contribution is -2.52. The van der Waals surface area contributed by atoms with Crippen molar-refractivity contribution < 1.29 is 14.4 Å². The number of likely N-dealkylation sites (tertiary alicyclic amines) is 2. The molecule has 0 radical (unpaired) electrons. The quantitative estimate of drug-likeness (QED) is 0.747. The Labute approximate surface area is 166 Å². The van der Waals surface area contributed by atoms with Crippen molar-refractivity contribution in [2.24, 2.45) is 5.92 Å². The number of pyridine rings is 1. The molecule has 7 nitrogen and oxygen atoms in total. The molecule has 2 aliphatic rings. The standard InChI is InChI=1S/C21H30N4O3/c1-2-19(26)21(28)24-12-8-18(9-13-24)25-11-5-6-16(15-25)20(27)23-14-17-7-3-4-10-22-17/h3-4,7,10,16,18H,2,5-6,8-9,11-15H2,1H3,(H,23,27)/t16-/m0/s1. The van der Waals surface area contributed by atoms with Gasteiger partial charge in [-0.05, 0) is 44.4 Å². The topological polar surface area (TPSA) is 82.6 Å². The highest BCUT2D eigenvalue weighted by molar-refractivity contribution is 6.35. The summed E-state index contributed by atoms with van der Waals surface area (Å²) in [4.78, 5) is 44.6. The first kappa shape index (κ1) is 20.5. The highest BCUT2D eigenvalue weighted by atomic mass is 16.2. The molecule has 1 aromatic rings. The summed E-state index contributed by atoms with van der Waals surface area (Å²) in [5.41, 5.74) is 0.863. The molecule has 3 heterocycles. The first-order valence-corrected chi connectivity index (χ1v) is 10.3. The van der Waals surface area contributed by atoms with Gasteiger partial charge in [0.25, 0.3) is 5.91 Å². The van der Waals surface area contributed by atoms with Crippen molar-refractivity contribution >= 4 is 17.6 Å². The molecule has 1 N–H and O–H groups in total. The van der Waals surface area contributed by atoms with Crippen LogP contribution in [0, 0.1) is 5.92 Å². The SMILES string of the molecule is CCC(=O)C(=O)N1CCC(N2CCC[C@H](C(=O)NCc3ccccn3)C2)CC1. The van der Waals surface area contributed by atoms with E-state index < -0.39 is 0 Å². The minimum absolute atomic E-state index is 0.00112. The van der Waals surface area contributed by atoms with Gasteiger partial charge in [0.2, 0.25) is 11.7 Å². The first-order chi connectivity index (χ1) is 13.6. The molecular weight excluding hydrogens is 356 g/mol. The van der Waals surface area contributed by atoms with Crippen molar-refractivity contribution in [2.45, 2.75) is 51.6 Å². The third-order valence-electron chi connectivity index (χ3n) is 5.82. The molecule has 1 aromatic heterocycles. The highest BCUT2D eigenvalue weighted by Crippen LogP contribution is 2.24. The number of carbonyl (C=O) groups excluding carboxylic acids is 3. The Morgan fingerprint density at radius 2 is 1.93 bits per heavy atom. The predicted molar refractivity (Wildman–Crippen MR) is 105 cm³/mol. The Morgan fingerprint density at radius 3 is 2.61 bits per heavy atom. The van der Waals surface area contributed by atoms with Crippen LogP contribution in [-0.4, -0.2) is 64.6 Å². The number of carbonyl (C=O) groups is 3. The lowest BCUT2D eigenvalue weighted by atomic mass is 9.93. The summed E-state index contributed by atoms with van der Waals surface area (Å²) >= 11 is 0. The zero-order valence-corrected chi connectivity index (χ0v) is 16.6. The largest absolute Gasteiger partial charge is 0.350 e. The lowest BCUT2D eigenvalue weighted by molar-refractivity contribution is -0.145. The van der Waals surface area contributed by atoms with Crippen molar-refractivity contribution in [3.8, 4) is 0 Å². The highest BCUT2D eigenvalue weighted by Gasteiger charge is 2.33. The summed E-state index contributed by atoms with van der Waals surface area (Å²) in [7, 11) is 0. The number of nitrogens with one attached hydrogen (secondary N) is 1. The predicted octanol–water partition coefficient (Wildman–Crippen LogP) is 1.38. The average molecular weight is 386 g/mol. The zero-order chi connectivity index (χ0) is 19.9.